The second-order valence-corrected chi connectivity index (χ2v) is 6.80. The Hall–Kier alpha value is -1.63. The lowest BCUT2D eigenvalue weighted by molar-refractivity contribution is -0.154. The minimum Gasteiger partial charge on any atom is -0.468 e. The second kappa shape index (κ2) is 10.5. The van der Waals surface area contributed by atoms with Crippen LogP contribution in [0.3, 0.4) is 0 Å². The number of amides is 1. The molecule has 0 aromatic heterocycles. The van der Waals surface area contributed by atoms with Crippen LogP contribution in [0.4, 0.5) is 0 Å². The lowest BCUT2D eigenvalue weighted by Gasteiger charge is -2.27. The van der Waals surface area contributed by atoms with Crippen LogP contribution < -0.4 is 0 Å². The summed E-state index contributed by atoms with van der Waals surface area (Å²) in [4.78, 5) is 25.9. The van der Waals surface area contributed by atoms with E-state index in [1.54, 1.807) is 19.1 Å². The summed E-state index contributed by atoms with van der Waals surface area (Å²) in [5.41, 5.74) is 0.870. The Morgan fingerprint density at radius 1 is 1.31 bits per heavy atom. The Labute approximate surface area is 159 Å². The molecule has 0 radical (unpaired) electrons. The van der Waals surface area contributed by atoms with Crippen molar-refractivity contribution in [1.82, 2.24) is 4.90 Å². The van der Waals surface area contributed by atoms with Crippen LogP contribution in [0.2, 0.25) is 5.02 Å². The largest absolute Gasteiger partial charge is 0.468 e. The van der Waals surface area contributed by atoms with Crippen molar-refractivity contribution < 1.29 is 23.8 Å². The molecule has 0 aliphatic carbocycles. The molecule has 0 N–H and O–H groups in total. The number of ether oxygens (including phenoxy) is 3. The molecular formula is C19H26ClNO5. The Kier molecular flexibility index (Phi) is 8.35. The van der Waals surface area contributed by atoms with Crippen LogP contribution in [-0.2, 0) is 30.3 Å². The average Bonchev–Trinajstić information content (AvgIpc) is 2.67. The summed E-state index contributed by atoms with van der Waals surface area (Å²) in [5, 5.41) is 0.615. The first-order chi connectivity index (χ1) is 12.5. The van der Waals surface area contributed by atoms with Crippen LogP contribution in [0.5, 0.6) is 0 Å². The highest BCUT2D eigenvalue weighted by molar-refractivity contribution is 6.30. The number of esters is 1. The van der Waals surface area contributed by atoms with E-state index >= 15 is 0 Å². The molecule has 1 fully saturated rings. The van der Waals surface area contributed by atoms with E-state index < -0.39 is 12.1 Å². The van der Waals surface area contributed by atoms with E-state index in [1.165, 1.54) is 12.0 Å². The maximum atomic E-state index is 12.8. The van der Waals surface area contributed by atoms with Gasteiger partial charge in [0.15, 0.2) is 0 Å². The number of hydrogen-bond donors (Lipinski definition) is 0. The second-order valence-electron chi connectivity index (χ2n) is 6.36. The summed E-state index contributed by atoms with van der Waals surface area (Å²) in [6.45, 7) is 2.95. The van der Waals surface area contributed by atoms with Crippen molar-refractivity contribution in [3.8, 4) is 0 Å². The van der Waals surface area contributed by atoms with Gasteiger partial charge >= 0.3 is 5.97 Å². The highest BCUT2D eigenvalue weighted by Gasteiger charge is 2.25. The molecule has 26 heavy (non-hydrogen) atoms. The molecule has 7 heteroatoms. The fraction of sp³-hybridized carbons (Fsp3) is 0.579. The van der Waals surface area contributed by atoms with E-state index in [0.29, 0.717) is 11.6 Å². The maximum Gasteiger partial charge on any atom is 0.325 e. The first kappa shape index (κ1) is 20.7. The molecule has 2 rings (SSSR count). The summed E-state index contributed by atoms with van der Waals surface area (Å²) in [6, 6.07) is 7.14. The van der Waals surface area contributed by atoms with E-state index in [4.69, 9.17) is 25.8 Å². The number of hydrogen-bond acceptors (Lipinski definition) is 5. The third-order valence-electron chi connectivity index (χ3n) is 4.30. The van der Waals surface area contributed by atoms with Crippen molar-refractivity contribution in [2.24, 2.45) is 0 Å². The molecule has 1 aliphatic heterocycles. The normalized spacial score (nSPS) is 18.2. The fourth-order valence-electron chi connectivity index (χ4n) is 2.76. The Morgan fingerprint density at radius 3 is 2.65 bits per heavy atom. The summed E-state index contributed by atoms with van der Waals surface area (Å²) < 4.78 is 16.0. The zero-order chi connectivity index (χ0) is 18.9. The third-order valence-corrected chi connectivity index (χ3v) is 4.55. The van der Waals surface area contributed by atoms with Gasteiger partial charge in [-0.1, -0.05) is 23.7 Å². The molecule has 1 aliphatic rings. The summed E-state index contributed by atoms with van der Waals surface area (Å²) in [5.74, 6) is -0.740. The number of benzene rings is 1. The van der Waals surface area contributed by atoms with Gasteiger partial charge in [0.1, 0.15) is 12.6 Å². The van der Waals surface area contributed by atoms with E-state index in [0.717, 1.165) is 31.4 Å². The zero-order valence-corrected chi connectivity index (χ0v) is 16.0. The van der Waals surface area contributed by atoms with Crippen molar-refractivity contribution in [2.45, 2.75) is 44.9 Å². The van der Waals surface area contributed by atoms with Gasteiger partial charge in [-0.15, -0.1) is 0 Å². The summed E-state index contributed by atoms with van der Waals surface area (Å²) >= 11 is 5.90. The number of halogens is 1. The van der Waals surface area contributed by atoms with Gasteiger partial charge in [-0.05, 0) is 43.9 Å². The number of methoxy groups -OCH3 is 1. The Balaban J connectivity index is 1.96. The van der Waals surface area contributed by atoms with Crippen molar-refractivity contribution in [3.63, 3.8) is 0 Å². The minimum atomic E-state index is -0.669. The van der Waals surface area contributed by atoms with Crippen LogP contribution in [0.1, 0.15) is 31.7 Å². The van der Waals surface area contributed by atoms with Gasteiger partial charge in [0.25, 0.3) is 5.91 Å². The molecule has 144 valence electrons. The average molecular weight is 384 g/mol. The number of rotatable bonds is 8. The van der Waals surface area contributed by atoms with Gasteiger partial charge in [0.05, 0.1) is 19.8 Å². The first-order valence-electron chi connectivity index (χ1n) is 8.83. The number of carbonyl (C=O) groups is 2. The molecular weight excluding hydrogens is 358 g/mol. The van der Waals surface area contributed by atoms with Crippen molar-refractivity contribution in [1.29, 1.82) is 0 Å². The molecule has 1 aromatic carbocycles. The molecule has 0 saturated carbocycles. The highest BCUT2D eigenvalue weighted by atomic mass is 35.5. The molecule has 1 amide bonds. The number of nitrogens with zero attached hydrogens (tertiary/aromatic N) is 1. The highest BCUT2D eigenvalue weighted by Crippen LogP contribution is 2.15. The molecule has 2 unspecified atom stereocenters. The minimum absolute atomic E-state index is 0.0318. The van der Waals surface area contributed by atoms with E-state index in [2.05, 4.69) is 0 Å². The van der Waals surface area contributed by atoms with E-state index in [-0.39, 0.29) is 25.1 Å². The zero-order valence-electron chi connectivity index (χ0n) is 15.3. The molecule has 6 nitrogen and oxygen atoms in total. The first-order valence-corrected chi connectivity index (χ1v) is 9.20. The van der Waals surface area contributed by atoms with Crippen molar-refractivity contribution >= 4 is 23.5 Å². The van der Waals surface area contributed by atoms with Crippen LogP contribution in [-0.4, -0.2) is 55.9 Å². The van der Waals surface area contributed by atoms with Crippen molar-refractivity contribution in [3.05, 3.63) is 34.9 Å². The van der Waals surface area contributed by atoms with Crippen LogP contribution in [0, 0.1) is 0 Å². The maximum absolute atomic E-state index is 12.8. The van der Waals surface area contributed by atoms with Gasteiger partial charge in [0, 0.05) is 18.2 Å². The smallest absolute Gasteiger partial charge is 0.325 e. The molecule has 1 heterocycles. The van der Waals surface area contributed by atoms with Gasteiger partial charge < -0.3 is 19.1 Å². The topological polar surface area (TPSA) is 65.1 Å². The summed E-state index contributed by atoms with van der Waals surface area (Å²) in [7, 11) is 1.30. The molecule has 0 bridgehead atoms. The van der Waals surface area contributed by atoms with E-state index in [9.17, 15) is 9.59 Å². The van der Waals surface area contributed by atoms with Gasteiger partial charge in [-0.25, -0.2) is 0 Å². The number of carbonyl (C=O) groups excluding carboxylic acids is 2. The van der Waals surface area contributed by atoms with Gasteiger partial charge in [-0.2, -0.15) is 0 Å². The Morgan fingerprint density at radius 2 is 2.04 bits per heavy atom. The Bertz CT molecular complexity index is 586. The molecule has 0 spiro atoms. The quantitative estimate of drug-likeness (QED) is 0.646. The monoisotopic (exact) mass is 383 g/mol. The molecule has 2 atom stereocenters. The van der Waals surface area contributed by atoms with E-state index in [1.807, 2.05) is 12.1 Å². The fourth-order valence-corrected chi connectivity index (χ4v) is 2.89. The van der Waals surface area contributed by atoms with Crippen LogP contribution in [0.15, 0.2) is 24.3 Å². The van der Waals surface area contributed by atoms with Crippen LogP contribution >= 0.6 is 11.6 Å². The van der Waals surface area contributed by atoms with Gasteiger partial charge in [0.2, 0.25) is 0 Å². The van der Waals surface area contributed by atoms with Crippen molar-refractivity contribution in [2.75, 3.05) is 26.9 Å². The standard InChI is InChI=1S/C19H26ClNO5/c1-14(26-13-17-5-3-4-10-25-17)19(23)21(12-18(22)24-2)11-15-6-8-16(20)9-7-15/h6-9,14,17H,3-5,10-13H2,1-2H3. The lowest BCUT2D eigenvalue weighted by atomic mass is 10.1. The molecule has 1 aromatic rings. The summed E-state index contributed by atoms with van der Waals surface area (Å²) in [6.07, 6.45) is 2.49. The predicted molar refractivity (Wildman–Crippen MR) is 97.9 cm³/mol. The predicted octanol–water partition coefficient (Wildman–Crippen LogP) is 2.82. The third kappa shape index (κ3) is 6.59. The lowest BCUT2D eigenvalue weighted by Crippen LogP contribution is -2.42. The molecule has 1 saturated heterocycles. The van der Waals surface area contributed by atoms with Crippen LogP contribution in [0.25, 0.3) is 0 Å². The van der Waals surface area contributed by atoms with Gasteiger partial charge in [-0.3, -0.25) is 9.59 Å². The SMILES string of the molecule is COC(=O)CN(Cc1ccc(Cl)cc1)C(=O)C(C)OCC1CCCCO1.